The number of nitrogens with zero attached hydrogens (tertiary/aromatic N) is 1. The smallest absolute Gasteiger partial charge is 0.344 e. The summed E-state index contributed by atoms with van der Waals surface area (Å²) in [6, 6.07) is 11.2. The fraction of sp³-hybridized carbons (Fsp3) is 0.417. The lowest BCUT2D eigenvalue weighted by Gasteiger charge is -2.32. The lowest BCUT2D eigenvalue weighted by atomic mass is 10.1. The minimum Gasteiger partial charge on any atom is -0.482 e. The molecule has 0 saturated carbocycles. The highest BCUT2D eigenvalue weighted by molar-refractivity contribution is 7.89. The number of hydrogen-bond donors (Lipinski definition) is 1. The first-order valence-corrected chi connectivity index (χ1v) is 12.5. The van der Waals surface area contributed by atoms with Crippen LogP contribution in [0.15, 0.2) is 47.4 Å². The molecule has 9 heteroatoms. The van der Waals surface area contributed by atoms with E-state index >= 15 is 0 Å². The molecule has 1 amide bonds. The van der Waals surface area contributed by atoms with Crippen LogP contribution in [0, 0.1) is 6.92 Å². The zero-order valence-corrected chi connectivity index (χ0v) is 20.0. The predicted octanol–water partition coefficient (Wildman–Crippen LogP) is 3.75. The number of anilines is 1. The zero-order valence-electron chi connectivity index (χ0n) is 19.2. The van der Waals surface area contributed by atoms with E-state index < -0.39 is 21.9 Å². The molecule has 1 aliphatic heterocycles. The van der Waals surface area contributed by atoms with Gasteiger partial charge in [0, 0.05) is 29.9 Å². The van der Waals surface area contributed by atoms with E-state index in [1.165, 1.54) is 10.4 Å². The van der Waals surface area contributed by atoms with E-state index in [0.29, 0.717) is 23.5 Å². The number of benzene rings is 2. The molecule has 2 aromatic carbocycles. The number of hydrogen-bond acceptors (Lipinski definition) is 6. The summed E-state index contributed by atoms with van der Waals surface area (Å²) < 4.78 is 38.2. The normalized spacial score (nSPS) is 16.8. The Hall–Kier alpha value is -2.91. The molecule has 178 valence electrons. The van der Waals surface area contributed by atoms with Crippen molar-refractivity contribution in [2.45, 2.75) is 51.0 Å². The van der Waals surface area contributed by atoms with Gasteiger partial charge in [-0.3, -0.25) is 4.79 Å². The molecule has 1 heterocycles. The van der Waals surface area contributed by atoms with Crippen LogP contribution in [-0.2, 0) is 19.6 Å². The Morgan fingerprint density at radius 3 is 2.67 bits per heavy atom. The van der Waals surface area contributed by atoms with Gasteiger partial charge >= 0.3 is 5.97 Å². The first kappa shape index (κ1) is 24.7. The monoisotopic (exact) mass is 474 g/mol. The third-order valence-electron chi connectivity index (χ3n) is 5.56. The molecular formula is C24H30N2O6S. The molecule has 0 bridgehead atoms. The van der Waals surface area contributed by atoms with E-state index in [4.69, 9.17) is 9.47 Å². The van der Waals surface area contributed by atoms with Crippen molar-refractivity contribution in [2.24, 2.45) is 0 Å². The minimum absolute atomic E-state index is 0.0697. The number of carbonyl (C=O) groups is 2. The maximum absolute atomic E-state index is 13.2. The largest absolute Gasteiger partial charge is 0.482 e. The summed E-state index contributed by atoms with van der Waals surface area (Å²) in [5.74, 6) is -0.518. The third kappa shape index (κ3) is 6.11. The van der Waals surface area contributed by atoms with E-state index in [1.54, 1.807) is 50.2 Å². The van der Waals surface area contributed by atoms with Crippen molar-refractivity contribution in [3.63, 3.8) is 0 Å². The number of ether oxygens (including phenoxy) is 2. The van der Waals surface area contributed by atoms with Crippen LogP contribution in [-0.4, -0.2) is 50.4 Å². The summed E-state index contributed by atoms with van der Waals surface area (Å²) in [6.07, 6.45) is 2.67. The van der Waals surface area contributed by atoms with Crippen LogP contribution in [0.1, 0.15) is 49.0 Å². The highest BCUT2D eigenvalue weighted by Gasteiger charge is 2.31. The number of piperidine rings is 1. The highest BCUT2D eigenvalue weighted by Crippen LogP contribution is 2.27. The maximum Gasteiger partial charge on any atom is 0.344 e. The van der Waals surface area contributed by atoms with Gasteiger partial charge in [0.15, 0.2) is 6.61 Å². The molecule has 1 fully saturated rings. The number of carbonyl (C=O) groups excluding carboxylic acids is 2. The molecule has 0 aliphatic carbocycles. The molecule has 3 rings (SSSR count). The summed E-state index contributed by atoms with van der Waals surface area (Å²) in [4.78, 5) is 24.6. The van der Waals surface area contributed by atoms with Gasteiger partial charge in [-0.1, -0.05) is 18.6 Å². The summed E-state index contributed by atoms with van der Waals surface area (Å²) in [6.45, 7) is 5.90. The van der Waals surface area contributed by atoms with Gasteiger partial charge in [-0.05, 0) is 63.4 Å². The number of esters is 1. The summed E-state index contributed by atoms with van der Waals surface area (Å²) in [5, 5.41) is 2.78. The Labute approximate surface area is 194 Å². The van der Waals surface area contributed by atoms with E-state index in [9.17, 15) is 18.0 Å². The van der Waals surface area contributed by atoms with Crippen molar-refractivity contribution >= 4 is 27.6 Å². The molecule has 1 N–H and O–H groups in total. The fourth-order valence-corrected chi connectivity index (χ4v) is 5.50. The van der Waals surface area contributed by atoms with Gasteiger partial charge < -0.3 is 14.8 Å². The van der Waals surface area contributed by atoms with Crippen molar-refractivity contribution < 1.29 is 27.5 Å². The quantitative estimate of drug-likeness (QED) is 0.585. The standard InChI is InChI=1S/C24H30N2O6S/c1-4-31-23(27)16-32-20-10-7-9-19(14-20)25-24(28)22-15-21(12-11-17(22)2)33(29,30)26-13-6-5-8-18(26)3/h7,9-12,14-15,18H,4-6,8,13,16H2,1-3H3,(H,25,28). The molecule has 1 saturated heterocycles. The Bertz CT molecular complexity index is 1120. The van der Waals surface area contributed by atoms with Crippen LogP contribution in [0.3, 0.4) is 0 Å². The number of rotatable bonds is 8. The van der Waals surface area contributed by atoms with Crippen LogP contribution in [0.2, 0.25) is 0 Å². The number of amides is 1. The van der Waals surface area contributed by atoms with Crippen LogP contribution < -0.4 is 10.1 Å². The summed E-state index contributed by atoms with van der Waals surface area (Å²) in [7, 11) is -3.69. The molecule has 8 nitrogen and oxygen atoms in total. The number of sulfonamides is 1. The Morgan fingerprint density at radius 1 is 1.15 bits per heavy atom. The van der Waals surface area contributed by atoms with E-state index in [0.717, 1.165) is 19.3 Å². The zero-order chi connectivity index (χ0) is 24.0. The molecule has 1 atom stereocenters. The van der Waals surface area contributed by atoms with Gasteiger partial charge in [-0.25, -0.2) is 13.2 Å². The van der Waals surface area contributed by atoms with Crippen molar-refractivity contribution in [1.29, 1.82) is 0 Å². The number of aryl methyl sites for hydroxylation is 1. The average Bonchev–Trinajstić information content (AvgIpc) is 2.78. The predicted molar refractivity (Wildman–Crippen MR) is 125 cm³/mol. The van der Waals surface area contributed by atoms with Crippen LogP contribution in [0.4, 0.5) is 5.69 Å². The van der Waals surface area contributed by atoms with Crippen LogP contribution in [0.5, 0.6) is 5.75 Å². The first-order chi connectivity index (χ1) is 15.7. The van der Waals surface area contributed by atoms with E-state index in [1.807, 2.05) is 6.92 Å². The minimum atomic E-state index is -3.69. The van der Waals surface area contributed by atoms with Crippen molar-refractivity contribution in [3.8, 4) is 5.75 Å². The number of nitrogens with one attached hydrogen (secondary N) is 1. The molecule has 0 radical (unpaired) electrons. The van der Waals surface area contributed by atoms with Gasteiger partial charge in [0.1, 0.15) is 5.75 Å². The van der Waals surface area contributed by atoms with Crippen LogP contribution >= 0.6 is 0 Å². The van der Waals surface area contributed by atoms with Gasteiger partial charge in [0.25, 0.3) is 5.91 Å². The molecule has 1 aliphatic rings. The fourth-order valence-electron chi connectivity index (χ4n) is 3.78. The molecular weight excluding hydrogens is 444 g/mol. The Morgan fingerprint density at radius 2 is 1.94 bits per heavy atom. The van der Waals surface area contributed by atoms with E-state index in [-0.39, 0.29) is 29.7 Å². The topological polar surface area (TPSA) is 102 Å². The molecule has 0 spiro atoms. The average molecular weight is 475 g/mol. The summed E-state index contributed by atoms with van der Waals surface area (Å²) in [5.41, 5.74) is 1.39. The Balaban J connectivity index is 1.77. The second kappa shape index (κ2) is 10.8. The lowest BCUT2D eigenvalue weighted by molar-refractivity contribution is -0.145. The first-order valence-electron chi connectivity index (χ1n) is 11.0. The van der Waals surface area contributed by atoms with Gasteiger partial charge in [-0.15, -0.1) is 0 Å². The SMILES string of the molecule is CCOC(=O)COc1cccc(NC(=O)c2cc(S(=O)(=O)N3CCCCC3C)ccc2C)c1. The molecule has 1 unspecified atom stereocenters. The van der Waals surface area contributed by atoms with Crippen molar-refractivity contribution in [1.82, 2.24) is 4.31 Å². The van der Waals surface area contributed by atoms with Gasteiger partial charge in [0.05, 0.1) is 11.5 Å². The van der Waals surface area contributed by atoms with Crippen molar-refractivity contribution in [2.75, 3.05) is 25.1 Å². The molecule has 0 aromatic heterocycles. The maximum atomic E-state index is 13.2. The van der Waals surface area contributed by atoms with E-state index in [2.05, 4.69) is 5.32 Å². The third-order valence-corrected chi connectivity index (χ3v) is 7.57. The molecule has 33 heavy (non-hydrogen) atoms. The Kier molecular flexibility index (Phi) is 8.10. The van der Waals surface area contributed by atoms with Crippen LogP contribution in [0.25, 0.3) is 0 Å². The van der Waals surface area contributed by atoms with Crippen molar-refractivity contribution in [3.05, 3.63) is 53.6 Å². The summed E-state index contributed by atoms with van der Waals surface area (Å²) >= 11 is 0. The lowest BCUT2D eigenvalue weighted by Crippen LogP contribution is -2.42. The van der Waals surface area contributed by atoms with Gasteiger partial charge in [-0.2, -0.15) is 4.31 Å². The van der Waals surface area contributed by atoms with Gasteiger partial charge in [0.2, 0.25) is 10.0 Å². The second-order valence-corrected chi connectivity index (χ2v) is 9.90. The highest BCUT2D eigenvalue weighted by atomic mass is 32.2. The second-order valence-electron chi connectivity index (χ2n) is 8.01. The molecule has 2 aromatic rings.